The Morgan fingerprint density at radius 1 is 1.42 bits per heavy atom. The minimum absolute atomic E-state index is 0.198. The number of rotatable bonds is 2. The Balaban J connectivity index is 1.82. The number of nitrogens with two attached hydrogens (primary N) is 1. The van der Waals surface area contributed by atoms with Crippen molar-refractivity contribution in [2.24, 2.45) is 11.7 Å². The number of phenolic OH excluding ortho intramolecular Hbond substituents is 1. The second kappa shape index (κ2) is 4.75. The number of phenols is 1. The Morgan fingerprint density at radius 3 is 3.04 bits per heavy atom. The van der Waals surface area contributed by atoms with Crippen LogP contribution in [0.3, 0.4) is 0 Å². The van der Waals surface area contributed by atoms with E-state index in [9.17, 15) is 10.2 Å². The minimum Gasteiger partial charge on any atom is -0.504 e. The normalized spacial score (nSPS) is 38.8. The molecular weight excluding hydrogens is 304 g/mol. The van der Waals surface area contributed by atoms with Crippen LogP contribution in [0.1, 0.15) is 23.1 Å². The number of piperidine rings is 1. The molecule has 1 saturated heterocycles. The maximum atomic E-state index is 10.6. The van der Waals surface area contributed by atoms with Gasteiger partial charge in [-0.05, 0) is 56.6 Å². The molecule has 0 radical (unpaired) electrons. The fourth-order valence-corrected chi connectivity index (χ4v) is 5.78. The lowest BCUT2D eigenvalue weighted by atomic mass is 9.53. The molecule has 24 heavy (non-hydrogen) atoms. The van der Waals surface area contributed by atoms with E-state index < -0.39 is 6.10 Å². The summed E-state index contributed by atoms with van der Waals surface area (Å²) >= 11 is 0. The van der Waals surface area contributed by atoms with Gasteiger partial charge >= 0.3 is 0 Å². The first-order valence-electron chi connectivity index (χ1n) is 8.89. The summed E-state index contributed by atoms with van der Waals surface area (Å²) in [4.78, 5) is 2.44. The van der Waals surface area contributed by atoms with Crippen molar-refractivity contribution in [1.29, 1.82) is 0 Å². The topological polar surface area (TPSA) is 79.0 Å². The first-order valence-corrected chi connectivity index (χ1v) is 8.89. The van der Waals surface area contributed by atoms with E-state index in [2.05, 4.69) is 18.0 Å². The highest BCUT2D eigenvalue weighted by atomic mass is 16.5. The van der Waals surface area contributed by atoms with Crippen molar-refractivity contribution in [2.45, 2.75) is 42.9 Å². The average molecular weight is 328 g/mol. The molecule has 1 fully saturated rings. The quantitative estimate of drug-likeness (QED) is 0.697. The number of aliphatic hydroxyl groups is 1. The SMILES string of the molecule is CN1CC[C@]23c4c5c(CCN)cc(O)c4O[C@H]2[C@@H](O)C=C[C@H]3[C@H]1C5. The molecule has 1 aromatic rings. The lowest BCUT2D eigenvalue weighted by Crippen LogP contribution is -2.64. The van der Waals surface area contributed by atoms with Gasteiger partial charge in [0.25, 0.3) is 0 Å². The zero-order chi connectivity index (χ0) is 16.6. The van der Waals surface area contributed by atoms with Crippen molar-refractivity contribution < 1.29 is 14.9 Å². The van der Waals surface area contributed by atoms with Gasteiger partial charge in [0.05, 0.1) is 0 Å². The Hall–Kier alpha value is -1.56. The number of hydrogen-bond acceptors (Lipinski definition) is 5. The third-order valence-corrected chi connectivity index (χ3v) is 6.78. The van der Waals surface area contributed by atoms with Gasteiger partial charge < -0.3 is 25.6 Å². The highest BCUT2D eigenvalue weighted by molar-refractivity contribution is 5.64. The van der Waals surface area contributed by atoms with Crippen LogP contribution < -0.4 is 10.5 Å². The molecule has 0 saturated carbocycles. The highest BCUT2D eigenvalue weighted by Crippen LogP contribution is 2.62. The minimum atomic E-state index is -0.624. The van der Waals surface area contributed by atoms with E-state index in [1.165, 1.54) is 5.56 Å². The van der Waals surface area contributed by atoms with Crippen molar-refractivity contribution in [2.75, 3.05) is 20.1 Å². The molecule has 1 aromatic carbocycles. The Labute approximate surface area is 141 Å². The van der Waals surface area contributed by atoms with Crippen molar-refractivity contribution in [3.8, 4) is 11.5 Å². The molecule has 5 nitrogen and oxygen atoms in total. The van der Waals surface area contributed by atoms with Crippen molar-refractivity contribution in [1.82, 2.24) is 4.90 Å². The van der Waals surface area contributed by atoms with Crippen molar-refractivity contribution in [3.05, 3.63) is 34.9 Å². The molecular formula is C19H24N2O3. The van der Waals surface area contributed by atoms with E-state index in [0.717, 1.165) is 36.9 Å². The fraction of sp³-hybridized carbons (Fsp3) is 0.579. The van der Waals surface area contributed by atoms with E-state index in [-0.39, 0.29) is 17.3 Å². The molecule has 5 rings (SSSR count). The van der Waals surface area contributed by atoms with Crippen LogP contribution in [0.15, 0.2) is 18.2 Å². The number of aromatic hydroxyl groups is 1. The van der Waals surface area contributed by atoms with Gasteiger partial charge in [0.1, 0.15) is 12.2 Å². The maximum absolute atomic E-state index is 10.6. The lowest BCUT2D eigenvalue weighted by molar-refractivity contribution is -0.0454. The third-order valence-electron chi connectivity index (χ3n) is 6.78. The predicted octanol–water partition coefficient (Wildman–Crippen LogP) is 0.699. The predicted molar refractivity (Wildman–Crippen MR) is 90.3 cm³/mol. The summed E-state index contributed by atoms with van der Waals surface area (Å²) in [5, 5.41) is 21.2. The molecule has 4 aliphatic rings. The summed E-state index contributed by atoms with van der Waals surface area (Å²) in [6.07, 6.45) is 5.82. The van der Waals surface area contributed by atoms with Crippen LogP contribution in [-0.4, -0.2) is 53.5 Å². The molecule has 2 aliphatic heterocycles. The Morgan fingerprint density at radius 2 is 2.25 bits per heavy atom. The Bertz CT molecular complexity index is 747. The number of aliphatic hydroxyl groups excluding tert-OH is 1. The summed E-state index contributed by atoms with van der Waals surface area (Å²) in [6.45, 7) is 1.55. The highest BCUT2D eigenvalue weighted by Gasteiger charge is 2.64. The van der Waals surface area contributed by atoms with Gasteiger partial charge in [-0.2, -0.15) is 0 Å². The second-order valence-corrected chi connectivity index (χ2v) is 7.76. The fourth-order valence-electron chi connectivity index (χ4n) is 5.78. The van der Waals surface area contributed by atoms with Gasteiger partial charge in [-0.25, -0.2) is 0 Å². The number of likely N-dealkylation sites (tertiary alicyclic amines) is 1. The van der Waals surface area contributed by atoms with Crippen LogP contribution >= 0.6 is 0 Å². The van der Waals surface area contributed by atoms with Gasteiger partial charge in [0.15, 0.2) is 11.5 Å². The van der Waals surface area contributed by atoms with Crippen LogP contribution in [0.2, 0.25) is 0 Å². The lowest BCUT2D eigenvalue weighted by Gasteiger charge is -2.56. The Kier molecular flexibility index (Phi) is 2.92. The summed E-state index contributed by atoms with van der Waals surface area (Å²) in [5.41, 5.74) is 9.20. The van der Waals surface area contributed by atoms with Gasteiger partial charge in [0, 0.05) is 22.9 Å². The molecule has 2 heterocycles. The molecule has 5 atom stereocenters. The van der Waals surface area contributed by atoms with Crippen molar-refractivity contribution in [3.63, 3.8) is 0 Å². The molecule has 2 bridgehead atoms. The number of likely N-dealkylation sites (N-methyl/N-ethyl adjacent to an activating group) is 1. The standard InChI is InChI=1S/C19H24N2O3/c1-21-7-5-19-12-2-3-14(22)18(19)24-17-15(23)8-10(4-6-20)11(16(17)19)9-13(12)21/h2-3,8,12-14,18,22-23H,4-7,9,20H2,1H3/t12-,13+,14-,18-,19-/m0/s1. The smallest absolute Gasteiger partial charge is 0.165 e. The average Bonchev–Trinajstić information content (AvgIpc) is 2.91. The second-order valence-electron chi connectivity index (χ2n) is 7.76. The molecule has 0 unspecified atom stereocenters. The summed E-state index contributed by atoms with van der Waals surface area (Å²) in [6, 6.07) is 2.23. The summed E-state index contributed by atoms with van der Waals surface area (Å²) in [7, 11) is 2.19. The summed E-state index contributed by atoms with van der Waals surface area (Å²) in [5.74, 6) is 1.13. The monoisotopic (exact) mass is 328 g/mol. The first kappa shape index (κ1) is 14.8. The van der Waals surface area contributed by atoms with E-state index >= 15 is 0 Å². The number of benzene rings is 1. The van der Waals surface area contributed by atoms with E-state index in [1.807, 2.05) is 12.1 Å². The molecule has 0 aromatic heterocycles. The van der Waals surface area contributed by atoms with E-state index in [4.69, 9.17) is 10.5 Å². The number of ether oxygens (including phenoxy) is 1. The molecule has 128 valence electrons. The number of nitrogens with zero attached hydrogens (tertiary/aromatic N) is 1. The van der Waals surface area contributed by atoms with Crippen LogP contribution in [0.4, 0.5) is 0 Å². The maximum Gasteiger partial charge on any atom is 0.165 e. The molecule has 4 N–H and O–H groups in total. The van der Waals surface area contributed by atoms with Crippen LogP contribution in [0.25, 0.3) is 0 Å². The summed E-state index contributed by atoms with van der Waals surface area (Å²) < 4.78 is 6.19. The zero-order valence-corrected chi connectivity index (χ0v) is 13.9. The van der Waals surface area contributed by atoms with Crippen molar-refractivity contribution >= 4 is 0 Å². The van der Waals surface area contributed by atoms with E-state index in [1.54, 1.807) is 0 Å². The van der Waals surface area contributed by atoms with E-state index in [0.29, 0.717) is 24.3 Å². The number of hydrogen-bond donors (Lipinski definition) is 3. The van der Waals surface area contributed by atoms with Crippen LogP contribution in [0, 0.1) is 5.92 Å². The molecule has 2 aliphatic carbocycles. The van der Waals surface area contributed by atoms with Gasteiger partial charge in [-0.1, -0.05) is 12.2 Å². The van der Waals surface area contributed by atoms with Crippen LogP contribution in [-0.2, 0) is 18.3 Å². The van der Waals surface area contributed by atoms with Gasteiger partial charge in [-0.3, -0.25) is 0 Å². The van der Waals surface area contributed by atoms with Gasteiger partial charge in [0.2, 0.25) is 0 Å². The zero-order valence-electron chi connectivity index (χ0n) is 13.9. The first-order chi connectivity index (χ1) is 11.6. The molecule has 5 heteroatoms. The van der Waals surface area contributed by atoms with Crippen LogP contribution in [0.5, 0.6) is 11.5 Å². The third kappa shape index (κ3) is 1.56. The van der Waals surface area contributed by atoms with Gasteiger partial charge in [-0.15, -0.1) is 0 Å². The molecule has 0 amide bonds. The largest absolute Gasteiger partial charge is 0.504 e. The molecule has 1 spiro atoms.